The molecule has 3 rings (SSSR count). The van der Waals surface area contributed by atoms with Gasteiger partial charge in [-0.05, 0) is 83.3 Å². The van der Waals surface area contributed by atoms with Crippen LogP contribution in [0.15, 0.2) is 60.7 Å². The van der Waals surface area contributed by atoms with Crippen LogP contribution in [0.1, 0.15) is 83.3 Å². The summed E-state index contributed by atoms with van der Waals surface area (Å²) in [5.41, 5.74) is 6.46. The van der Waals surface area contributed by atoms with Crippen LogP contribution in [0.5, 0.6) is 0 Å². The highest BCUT2D eigenvalue weighted by molar-refractivity contribution is 5.97. The lowest BCUT2D eigenvalue weighted by molar-refractivity contribution is -0.133. The molecular weight excluding hydrogens is 694 g/mol. The SMILES string of the molecule is CC(C)(C)OC(=O)NC1CCCCNC(=O)CC(=O)NCCCC[C@@H](C(N)=O)NC(=O)[C@H](Cc2ccccc2)NC(=O)C(CCc2ccccc2)NC1=O. The number of rotatable bonds is 7. The van der Waals surface area contributed by atoms with E-state index in [9.17, 15) is 33.6 Å². The minimum atomic E-state index is -1.15. The third kappa shape index (κ3) is 16.5. The normalized spacial score (nSPS) is 21.9. The Morgan fingerprint density at radius 1 is 0.722 bits per heavy atom. The van der Waals surface area contributed by atoms with Crippen LogP contribution >= 0.6 is 0 Å². The summed E-state index contributed by atoms with van der Waals surface area (Å²) >= 11 is 0. The quantitative estimate of drug-likeness (QED) is 0.206. The number of aryl methyl sites for hydroxylation is 1. The van der Waals surface area contributed by atoms with Crippen molar-refractivity contribution in [3.05, 3.63) is 71.8 Å². The van der Waals surface area contributed by atoms with E-state index in [2.05, 4.69) is 31.9 Å². The Bertz CT molecular complexity index is 1570. The van der Waals surface area contributed by atoms with Gasteiger partial charge in [0.2, 0.25) is 35.4 Å². The van der Waals surface area contributed by atoms with Crippen LogP contribution in [0.4, 0.5) is 4.79 Å². The van der Waals surface area contributed by atoms with Crippen LogP contribution in [-0.2, 0) is 46.3 Å². The van der Waals surface area contributed by atoms with Gasteiger partial charge in [0.05, 0.1) is 0 Å². The second-order valence-corrected chi connectivity index (χ2v) is 14.4. The highest BCUT2D eigenvalue weighted by Crippen LogP contribution is 2.12. The number of nitrogens with two attached hydrogens (primary N) is 1. The first-order valence-electron chi connectivity index (χ1n) is 18.5. The largest absolute Gasteiger partial charge is 0.444 e. The summed E-state index contributed by atoms with van der Waals surface area (Å²) in [6.45, 7) is 5.54. The van der Waals surface area contributed by atoms with Crippen LogP contribution < -0.4 is 37.6 Å². The number of hydrogen-bond acceptors (Lipinski definition) is 8. The molecule has 0 saturated carbocycles. The Kier molecular flexibility index (Phi) is 17.4. The zero-order valence-corrected chi connectivity index (χ0v) is 31.4. The van der Waals surface area contributed by atoms with Crippen LogP contribution in [0, 0.1) is 0 Å². The molecule has 2 aromatic carbocycles. The number of primary amides is 1. The summed E-state index contributed by atoms with van der Waals surface area (Å²) in [6, 6.07) is 13.9. The van der Waals surface area contributed by atoms with Gasteiger partial charge < -0.3 is 42.4 Å². The van der Waals surface area contributed by atoms with Gasteiger partial charge in [0.15, 0.2) is 0 Å². The lowest BCUT2D eigenvalue weighted by Gasteiger charge is -2.27. The molecule has 15 nitrogen and oxygen atoms in total. The summed E-state index contributed by atoms with van der Waals surface area (Å²) in [4.78, 5) is 91.7. The second-order valence-electron chi connectivity index (χ2n) is 14.4. The van der Waals surface area contributed by atoms with Gasteiger partial charge in [0.1, 0.15) is 36.2 Å². The van der Waals surface area contributed by atoms with Gasteiger partial charge >= 0.3 is 6.09 Å². The van der Waals surface area contributed by atoms with Crippen molar-refractivity contribution in [1.82, 2.24) is 31.9 Å². The smallest absolute Gasteiger partial charge is 0.408 e. The van der Waals surface area contributed by atoms with Crippen molar-refractivity contribution in [2.24, 2.45) is 5.73 Å². The van der Waals surface area contributed by atoms with Gasteiger partial charge in [0.25, 0.3) is 0 Å². The molecule has 0 bridgehead atoms. The molecule has 294 valence electrons. The standard InChI is InChI=1S/C39H55N7O8/c1-39(2,3)54-38(53)46-29-19-11-13-23-42-33(48)25-32(47)41-22-12-10-18-28(34(40)49)43-37(52)31(24-27-16-8-5-9-17-27)45-36(51)30(44-35(29)50)21-20-26-14-6-4-7-15-26/h4-9,14-17,28-31H,10-13,18-25H2,1-3H3,(H2,40,49)(H,41,47)(H,42,48)(H,43,52)(H,44,50)(H,45,51)(H,46,53)/t28-,29?,30?,31-/m0/s1. The van der Waals surface area contributed by atoms with E-state index in [0.717, 1.165) is 11.1 Å². The van der Waals surface area contributed by atoms with Gasteiger partial charge in [-0.3, -0.25) is 28.8 Å². The van der Waals surface area contributed by atoms with Crippen molar-refractivity contribution >= 4 is 41.5 Å². The van der Waals surface area contributed by atoms with E-state index in [1.54, 1.807) is 45.0 Å². The number of carbonyl (C=O) groups excluding carboxylic acids is 7. The van der Waals surface area contributed by atoms with E-state index < -0.39 is 71.3 Å². The van der Waals surface area contributed by atoms with Crippen molar-refractivity contribution in [3.8, 4) is 0 Å². The van der Waals surface area contributed by atoms with E-state index in [0.29, 0.717) is 32.1 Å². The number of nitrogens with one attached hydrogen (secondary N) is 6. The third-order valence-corrected chi connectivity index (χ3v) is 8.59. The zero-order chi connectivity index (χ0) is 39.5. The Labute approximate surface area is 316 Å². The number of ether oxygens (including phenoxy) is 1. The maximum Gasteiger partial charge on any atom is 0.408 e. The molecule has 7 amide bonds. The molecule has 15 heteroatoms. The molecule has 1 heterocycles. The van der Waals surface area contributed by atoms with Crippen LogP contribution in [0.25, 0.3) is 0 Å². The molecule has 2 unspecified atom stereocenters. The summed E-state index contributed by atoms with van der Waals surface area (Å²) in [7, 11) is 0. The molecule has 0 radical (unpaired) electrons. The highest BCUT2D eigenvalue weighted by Gasteiger charge is 2.32. The van der Waals surface area contributed by atoms with Crippen molar-refractivity contribution in [2.45, 2.75) is 115 Å². The Balaban J connectivity index is 1.94. The first-order valence-corrected chi connectivity index (χ1v) is 18.5. The predicted molar refractivity (Wildman–Crippen MR) is 201 cm³/mol. The lowest BCUT2D eigenvalue weighted by Crippen LogP contribution is -2.58. The minimum absolute atomic E-state index is 0.0743. The summed E-state index contributed by atoms with van der Waals surface area (Å²) in [6.07, 6.45) is 1.44. The van der Waals surface area contributed by atoms with E-state index in [-0.39, 0.29) is 45.2 Å². The molecule has 1 aliphatic rings. The summed E-state index contributed by atoms with van der Waals surface area (Å²) in [5, 5.41) is 16.3. The number of alkyl carbamates (subject to hydrolysis) is 1. The monoisotopic (exact) mass is 749 g/mol. The molecule has 4 atom stereocenters. The van der Waals surface area contributed by atoms with Gasteiger partial charge in [0, 0.05) is 19.5 Å². The average molecular weight is 750 g/mol. The van der Waals surface area contributed by atoms with Gasteiger partial charge in [-0.2, -0.15) is 0 Å². The minimum Gasteiger partial charge on any atom is -0.444 e. The number of benzene rings is 2. The molecule has 1 fully saturated rings. The van der Waals surface area contributed by atoms with Crippen molar-refractivity contribution < 1.29 is 38.3 Å². The molecule has 1 saturated heterocycles. The van der Waals surface area contributed by atoms with E-state index >= 15 is 0 Å². The molecular formula is C39H55N7O8. The van der Waals surface area contributed by atoms with Crippen molar-refractivity contribution in [1.29, 1.82) is 0 Å². The Morgan fingerprint density at radius 2 is 1.26 bits per heavy atom. The second kappa shape index (κ2) is 21.9. The van der Waals surface area contributed by atoms with E-state index in [1.165, 1.54) is 0 Å². The number of amides is 7. The predicted octanol–water partition coefficient (Wildman–Crippen LogP) is 1.67. The van der Waals surface area contributed by atoms with Gasteiger partial charge in [-0.1, -0.05) is 60.7 Å². The molecule has 0 aliphatic carbocycles. The summed E-state index contributed by atoms with van der Waals surface area (Å²) < 4.78 is 5.41. The maximum atomic E-state index is 14.1. The first kappa shape index (κ1) is 42.9. The van der Waals surface area contributed by atoms with Crippen LogP contribution in [0.3, 0.4) is 0 Å². The van der Waals surface area contributed by atoms with Gasteiger partial charge in [-0.15, -0.1) is 0 Å². The first-order chi connectivity index (χ1) is 25.7. The Hall–Kier alpha value is -5.47. The maximum absolute atomic E-state index is 14.1. The van der Waals surface area contributed by atoms with Crippen LogP contribution in [0.2, 0.25) is 0 Å². The fourth-order valence-corrected chi connectivity index (χ4v) is 5.78. The average Bonchev–Trinajstić information content (AvgIpc) is 3.11. The highest BCUT2D eigenvalue weighted by atomic mass is 16.6. The molecule has 1 aliphatic heterocycles. The van der Waals surface area contributed by atoms with E-state index in [1.807, 2.05) is 36.4 Å². The lowest BCUT2D eigenvalue weighted by atomic mass is 10.0. The molecule has 0 aromatic heterocycles. The third-order valence-electron chi connectivity index (χ3n) is 8.59. The number of hydrogen-bond donors (Lipinski definition) is 7. The van der Waals surface area contributed by atoms with Crippen molar-refractivity contribution in [3.63, 3.8) is 0 Å². The fraction of sp³-hybridized carbons (Fsp3) is 0.513. The fourth-order valence-electron chi connectivity index (χ4n) is 5.78. The zero-order valence-electron chi connectivity index (χ0n) is 31.4. The molecule has 54 heavy (non-hydrogen) atoms. The molecule has 8 N–H and O–H groups in total. The molecule has 0 spiro atoms. The molecule has 2 aromatic rings. The van der Waals surface area contributed by atoms with Crippen molar-refractivity contribution in [2.75, 3.05) is 13.1 Å². The topological polar surface area (TPSA) is 227 Å². The number of carbonyl (C=O) groups is 7. The summed E-state index contributed by atoms with van der Waals surface area (Å²) in [5.74, 6) is -3.64. The van der Waals surface area contributed by atoms with E-state index in [4.69, 9.17) is 10.5 Å². The van der Waals surface area contributed by atoms with Crippen LogP contribution in [-0.4, -0.2) is 84.4 Å². The van der Waals surface area contributed by atoms with Gasteiger partial charge in [-0.25, -0.2) is 4.79 Å². The Morgan fingerprint density at radius 3 is 1.83 bits per heavy atom.